The number of nitrogens with zero attached hydrogens (tertiary/aromatic N) is 1. The van der Waals surface area contributed by atoms with E-state index in [9.17, 15) is 23.9 Å². The number of nitrogens with one attached hydrogen (secondary N) is 1. The van der Waals surface area contributed by atoms with E-state index in [4.69, 9.17) is 9.47 Å². The van der Waals surface area contributed by atoms with E-state index in [-0.39, 0.29) is 33.8 Å². The highest BCUT2D eigenvalue weighted by atomic mass is 32.1. The van der Waals surface area contributed by atoms with Crippen LogP contribution in [-0.4, -0.2) is 27.7 Å². The molecule has 164 valence electrons. The minimum atomic E-state index is -1.31. The van der Waals surface area contributed by atoms with Gasteiger partial charge >= 0.3 is 11.7 Å². The Bertz CT molecular complexity index is 1440. The average molecular weight is 456 g/mol. The summed E-state index contributed by atoms with van der Waals surface area (Å²) in [5.74, 6) is -1.92. The van der Waals surface area contributed by atoms with Gasteiger partial charge in [0.15, 0.2) is 0 Å². The number of aromatic amines is 1. The van der Waals surface area contributed by atoms with E-state index < -0.39 is 23.0 Å². The number of carbonyl (C=O) groups is 1. The maximum atomic E-state index is 14.6. The molecular weight excluding hydrogens is 439 g/mol. The summed E-state index contributed by atoms with van der Waals surface area (Å²) in [6.45, 7) is 0.615. The molecule has 2 heterocycles. The molecule has 8 nitrogen and oxygen atoms in total. The Kier molecular flexibility index (Phi) is 5.89. The van der Waals surface area contributed by atoms with Gasteiger partial charge in [0.2, 0.25) is 0 Å². The van der Waals surface area contributed by atoms with Crippen LogP contribution in [-0.2, 0) is 18.0 Å². The second kappa shape index (κ2) is 8.77. The number of rotatable bonds is 7. The number of H-pyrrole nitrogens is 1. The van der Waals surface area contributed by atoms with Gasteiger partial charge < -0.3 is 19.6 Å². The van der Waals surface area contributed by atoms with Gasteiger partial charge in [-0.3, -0.25) is 4.79 Å². The summed E-state index contributed by atoms with van der Waals surface area (Å²) in [5.41, 5.74) is -0.254. The quantitative estimate of drug-likeness (QED) is 0.442. The Morgan fingerprint density at radius 3 is 2.62 bits per heavy atom. The van der Waals surface area contributed by atoms with E-state index in [1.165, 1.54) is 17.5 Å². The first-order valence-electron chi connectivity index (χ1n) is 9.38. The molecule has 0 amide bonds. The van der Waals surface area contributed by atoms with Gasteiger partial charge in [-0.2, -0.15) is 0 Å². The van der Waals surface area contributed by atoms with Crippen molar-refractivity contribution in [3.05, 3.63) is 90.5 Å². The Hall–Kier alpha value is -3.76. The highest BCUT2D eigenvalue weighted by Crippen LogP contribution is 2.23. The van der Waals surface area contributed by atoms with Gasteiger partial charge in [0.1, 0.15) is 23.1 Å². The fourth-order valence-corrected chi connectivity index (χ4v) is 4.14. The molecule has 10 heteroatoms. The number of aromatic carboxylic acids is 1. The number of carboxylic acid groups (broad SMARTS) is 1. The van der Waals surface area contributed by atoms with Crippen LogP contribution >= 0.6 is 11.3 Å². The minimum Gasteiger partial charge on any atom is -0.489 e. The van der Waals surface area contributed by atoms with Gasteiger partial charge in [-0.15, -0.1) is 11.3 Å². The summed E-state index contributed by atoms with van der Waals surface area (Å²) < 4.78 is 26.0. The Morgan fingerprint density at radius 1 is 1.16 bits per heavy atom. The molecular formula is C22H17FN2O6S. The largest absolute Gasteiger partial charge is 0.489 e. The predicted molar refractivity (Wildman–Crippen MR) is 116 cm³/mol. The molecule has 0 saturated carbocycles. The van der Waals surface area contributed by atoms with Gasteiger partial charge in [-0.05, 0) is 23.3 Å². The van der Waals surface area contributed by atoms with Crippen LogP contribution in [0.4, 0.5) is 4.39 Å². The molecule has 4 rings (SSSR count). The van der Waals surface area contributed by atoms with Crippen LogP contribution in [0.25, 0.3) is 16.6 Å². The number of fused-ring (bicyclic) bond motifs is 1. The van der Waals surface area contributed by atoms with Crippen LogP contribution in [0.2, 0.25) is 0 Å². The normalized spacial score (nSPS) is 11.1. The standard InChI is InChI=1S/C22H17FN2O6S/c1-30-9-12-3-2-4-13(7-12)10-31-14-5-6-15(23)17(8-14)25-20(26)18-16(24-22(25)29)11-32-19(18)21(27)28/h2-8,11H,9-10H2,1H3,(H,24,29)(H,27,28). The molecule has 0 atom stereocenters. The molecule has 2 N–H and O–H groups in total. The highest BCUT2D eigenvalue weighted by molar-refractivity contribution is 7.13. The van der Waals surface area contributed by atoms with Crippen LogP contribution in [0, 0.1) is 5.82 Å². The van der Waals surface area contributed by atoms with Crippen LogP contribution in [0.15, 0.2) is 57.4 Å². The van der Waals surface area contributed by atoms with Crippen LogP contribution in [0.5, 0.6) is 5.75 Å². The number of hydrogen-bond acceptors (Lipinski definition) is 6. The van der Waals surface area contributed by atoms with Crippen LogP contribution in [0.1, 0.15) is 20.8 Å². The first kappa shape index (κ1) is 21.5. The van der Waals surface area contributed by atoms with Crippen molar-refractivity contribution in [2.45, 2.75) is 13.2 Å². The van der Waals surface area contributed by atoms with E-state index in [0.29, 0.717) is 11.2 Å². The molecule has 0 fully saturated rings. The van der Waals surface area contributed by atoms with Crippen molar-refractivity contribution in [2.75, 3.05) is 7.11 Å². The third-order valence-electron chi connectivity index (χ3n) is 4.71. The van der Waals surface area contributed by atoms with Crippen molar-refractivity contribution < 1.29 is 23.8 Å². The molecule has 2 aromatic carbocycles. The summed E-state index contributed by atoms with van der Waals surface area (Å²) in [7, 11) is 1.60. The Balaban J connectivity index is 1.72. The molecule has 0 saturated heterocycles. The summed E-state index contributed by atoms with van der Waals surface area (Å²) >= 11 is 0.805. The number of benzene rings is 2. The molecule has 0 aliphatic carbocycles. The zero-order chi connectivity index (χ0) is 22.8. The summed E-state index contributed by atoms with van der Waals surface area (Å²) in [4.78, 5) is 39.1. The van der Waals surface area contributed by atoms with Gasteiger partial charge in [-0.1, -0.05) is 24.3 Å². The smallest absolute Gasteiger partial charge is 0.346 e. The number of halogens is 1. The molecule has 0 spiro atoms. The van der Waals surface area contributed by atoms with Gasteiger partial charge in [0.25, 0.3) is 5.56 Å². The van der Waals surface area contributed by atoms with Gasteiger partial charge in [0.05, 0.1) is 23.2 Å². The lowest BCUT2D eigenvalue weighted by Gasteiger charge is -2.11. The highest BCUT2D eigenvalue weighted by Gasteiger charge is 2.20. The monoisotopic (exact) mass is 456 g/mol. The van der Waals surface area contributed by atoms with Crippen LogP contribution in [0.3, 0.4) is 0 Å². The Labute approximate surface area is 184 Å². The third kappa shape index (κ3) is 4.05. The van der Waals surface area contributed by atoms with Crippen LogP contribution < -0.4 is 16.0 Å². The molecule has 0 aliphatic heterocycles. The van der Waals surface area contributed by atoms with Crippen molar-refractivity contribution in [2.24, 2.45) is 0 Å². The number of ether oxygens (including phenoxy) is 2. The first-order chi connectivity index (χ1) is 15.4. The number of hydrogen-bond donors (Lipinski definition) is 2. The van der Waals surface area contributed by atoms with E-state index in [1.54, 1.807) is 7.11 Å². The van der Waals surface area contributed by atoms with Crippen molar-refractivity contribution in [3.8, 4) is 11.4 Å². The lowest BCUT2D eigenvalue weighted by molar-refractivity contribution is 0.0704. The zero-order valence-corrected chi connectivity index (χ0v) is 17.6. The zero-order valence-electron chi connectivity index (χ0n) is 16.8. The first-order valence-corrected chi connectivity index (χ1v) is 10.3. The summed E-state index contributed by atoms with van der Waals surface area (Å²) in [5, 5.41) is 10.5. The fourth-order valence-electron chi connectivity index (χ4n) is 3.31. The third-order valence-corrected chi connectivity index (χ3v) is 5.68. The molecule has 0 aliphatic rings. The molecule has 2 aromatic heterocycles. The van der Waals surface area contributed by atoms with Crippen molar-refractivity contribution in [1.29, 1.82) is 0 Å². The summed E-state index contributed by atoms with van der Waals surface area (Å²) in [6, 6.07) is 11.2. The van der Waals surface area contributed by atoms with Gasteiger partial charge in [0, 0.05) is 18.6 Å². The molecule has 0 unspecified atom stereocenters. The van der Waals surface area contributed by atoms with E-state index in [2.05, 4.69) is 4.98 Å². The van der Waals surface area contributed by atoms with Crippen molar-refractivity contribution in [1.82, 2.24) is 9.55 Å². The average Bonchev–Trinajstić information content (AvgIpc) is 3.19. The lowest BCUT2D eigenvalue weighted by Crippen LogP contribution is -2.34. The maximum absolute atomic E-state index is 14.6. The molecule has 32 heavy (non-hydrogen) atoms. The van der Waals surface area contributed by atoms with E-state index >= 15 is 0 Å². The van der Waals surface area contributed by atoms with Crippen molar-refractivity contribution >= 4 is 28.2 Å². The number of aromatic nitrogens is 2. The van der Waals surface area contributed by atoms with E-state index in [1.807, 2.05) is 24.3 Å². The maximum Gasteiger partial charge on any atom is 0.346 e. The molecule has 4 aromatic rings. The fraction of sp³-hybridized carbons (Fsp3) is 0.136. The van der Waals surface area contributed by atoms with E-state index in [0.717, 1.165) is 28.5 Å². The second-order valence-corrected chi connectivity index (χ2v) is 7.76. The van der Waals surface area contributed by atoms with Gasteiger partial charge in [-0.25, -0.2) is 18.5 Å². The summed E-state index contributed by atoms with van der Waals surface area (Å²) in [6.07, 6.45) is 0. The SMILES string of the molecule is COCc1cccc(COc2ccc(F)c(-n3c(=O)[nH]c4csc(C(=O)O)c4c3=O)c2)c1. The predicted octanol–water partition coefficient (Wildman–Crippen LogP) is 3.30. The number of carboxylic acids is 1. The minimum absolute atomic E-state index is 0.0856. The molecule has 0 radical (unpaired) electrons. The second-order valence-electron chi connectivity index (χ2n) is 6.88. The number of thiophene rings is 1. The lowest BCUT2D eigenvalue weighted by atomic mass is 10.1. The molecule has 0 bridgehead atoms. The number of methoxy groups -OCH3 is 1. The topological polar surface area (TPSA) is 111 Å². The Morgan fingerprint density at radius 2 is 1.91 bits per heavy atom. The van der Waals surface area contributed by atoms with Crippen molar-refractivity contribution in [3.63, 3.8) is 0 Å².